The van der Waals surface area contributed by atoms with Gasteiger partial charge in [0.2, 0.25) is 0 Å². The van der Waals surface area contributed by atoms with Crippen LogP contribution in [0.15, 0.2) is 53.5 Å². The van der Waals surface area contributed by atoms with Crippen LogP contribution in [0.3, 0.4) is 0 Å². The van der Waals surface area contributed by atoms with Crippen molar-refractivity contribution in [3.63, 3.8) is 0 Å². The van der Waals surface area contributed by atoms with Crippen LogP contribution in [0.2, 0.25) is 0 Å². The minimum absolute atomic E-state index is 0.215. The van der Waals surface area contributed by atoms with E-state index in [1.165, 1.54) is 11.3 Å². The second kappa shape index (κ2) is 7.53. The first-order valence-electron chi connectivity index (χ1n) is 8.02. The van der Waals surface area contributed by atoms with Crippen molar-refractivity contribution in [2.24, 2.45) is 12.0 Å². The van der Waals surface area contributed by atoms with Gasteiger partial charge in [-0.15, -0.1) is 11.3 Å². The number of rotatable bonds is 4. The number of nitrogens with zero attached hydrogens (tertiary/aromatic N) is 4. The number of carbonyl (C=O) groups excluding carboxylic acids is 1. The summed E-state index contributed by atoms with van der Waals surface area (Å²) in [5.74, 6) is -0.789. The summed E-state index contributed by atoms with van der Waals surface area (Å²) in [4.78, 5) is 38.4. The summed E-state index contributed by atoms with van der Waals surface area (Å²) in [5.41, 5.74) is 0.558. The fraction of sp³-hybridized carbons (Fsp3) is 0.111. The number of hydrogen-bond acceptors (Lipinski definition) is 6. The van der Waals surface area contributed by atoms with Gasteiger partial charge >= 0.3 is 0 Å². The van der Waals surface area contributed by atoms with Gasteiger partial charge in [-0.1, -0.05) is 30.3 Å². The molecule has 0 fully saturated rings. The predicted molar refractivity (Wildman–Crippen MR) is 103 cm³/mol. The molecule has 0 unspecified atom stereocenters. The number of non-ortho nitro benzene ring substituents is 2. The second-order valence-electron chi connectivity index (χ2n) is 5.88. The first-order valence-corrected chi connectivity index (χ1v) is 8.84. The third kappa shape index (κ3) is 3.71. The quantitative estimate of drug-likeness (QED) is 0.491. The summed E-state index contributed by atoms with van der Waals surface area (Å²) in [5, 5.41) is 22.0. The van der Waals surface area contributed by atoms with Crippen LogP contribution >= 0.6 is 11.3 Å². The first kappa shape index (κ1) is 19.1. The lowest BCUT2D eigenvalue weighted by Gasteiger charge is -2.04. The van der Waals surface area contributed by atoms with Crippen LogP contribution in [0, 0.1) is 27.2 Å². The van der Waals surface area contributed by atoms with Crippen molar-refractivity contribution in [2.45, 2.75) is 6.92 Å². The van der Waals surface area contributed by atoms with Gasteiger partial charge in [0.15, 0.2) is 4.80 Å². The number of nitro benzene ring substituents is 2. The smallest absolute Gasteiger partial charge is 0.280 e. The van der Waals surface area contributed by atoms with E-state index in [1.807, 2.05) is 37.3 Å². The summed E-state index contributed by atoms with van der Waals surface area (Å²) in [6.45, 7) is 1.90. The third-order valence-corrected chi connectivity index (χ3v) is 5.06. The lowest BCUT2D eigenvalue weighted by molar-refractivity contribution is -0.394. The molecule has 0 atom stereocenters. The van der Waals surface area contributed by atoms with Gasteiger partial charge in [0.05, 0.1) is 27.2 Å². The van der Waals surface area contributed by atoms with Crippen molar-refractivity contribution in [2.75, 3.05) is 0 Å². The van der Waals surface area contributed by atoms with Crippen LogP contribution in [0.25, 0.3) is 11.3 Å². The fourth-order valence-corrected chi connectivity index (χ4v) is 3.74. The van der Waals surface area contributed by atoms with Crippen molar-refractivity contribution in [1.82, 2.24) is 4.57 Å². The highest BCUT2D eigenvalue weighted by atomic mass is 32.1. The molecule has 0 N–H and O–H groups in total. The zero-order valence-electron chi connectivity index (χ0n) is 14.9. The average molecular weight is 398 g/mol. The van der Waals surface area contributed by atoms with Crippen molar-refractivity contribution in [1.29, 1.82) is 0 Å². The van der Waals surface area contributed by atoms with E-state index < -0.39 is 27.1 Å². The predicted octanol–water partition coefficient (Wildman–Crippen LogP) is 3.62. The number of carbonyl (C=O) groups is 1. The number of aromatic nitrogens is 1. The van der Waals surface area contributed by atoms with Gasteiger partial charge in [-0.3, -0.25) is 25.0 Å². The van der Waals surface area contributed by atoms with E-state index >= 15 is 0 Å². The normalized spacial score (nSPS) is 11.4. The lowest BCUT2D eigenvalue weighted by atomic mass is 10.1. The Balaban J connectivity index is 2.09. The van der Waals surface area contributed by atoms with Gasteiger partial charge in [-0.05, 0) is 12.5 Å². The van der Waals surface area contributed by atoms with E-state index in [4.69, 9.17) is 0 Å². The molecule has 1 aromatic heterocycles. The standard InChI is InChI=1S/C18H14N4O5S/c1-11-16(12-6-4-3-5-7-12)20(2)18(28-11)19-17(23)13-8-14(21(24)25)10-15(9-13)22(26)27/h3-10H,1-2H3. The number of nitro groups is 2. The highest BCUT2D eigenvalue weighted by molar-refractivity contribution is 7.09. The Morgan fingerprint density at radius 3 is 2.14 bits per heavy atom. The highest BCUT2D eigenvalue weighted by Crippen LogP contribution is 2.25. The van der Waals surface area contributed by atoms with Gasteiger partial charge in [0, 0.05) is 24.1 Å². The molecule has 0 saturated carbocycles. The largest absolute Gasteiger partial charge is 0.319 e. The lowest BCUT2D eigenvalue weighted by Crippen LogP contribution is -2.14. The number of aryl methyl sites for hydroxylation is 1. The molecule has 28 heavy (non-hydrogen) atoms. The fourth-order valence-electron chi connectivity index (χ4n) is 2.76. The molecule has 1 heterocycles. The molecule has 0 bridgehead atoms. The molecule has 0 aliphatic heterocycles. The molecule has 1 amide bonds. The molecule has 9 nitrogen and oxygen atoms in total. The molecule has 2 aromatic carbocycles. The molecule has 142 valence electrons. The van der Waals surface area contributed by atoms with Crippen LogP contribution in [-0.4, -0.2) is 20.3 Å². The van der Waals surface area contributed by atoms with Crippen LogP contribution in [0.4, 0.5) is 11.4 Å². The number of benzene rings is 2. The molecule has 0 saturated heterocycles. The van der Waals surface area contributed by atoms with Crippen LogP contribution in [0.1, 0.15) is 15.2 Å². The molecule has 10 heteroatoms. The Hall–Kier alpha value is -3.66. The minimum atomic E-state index is -0.789. The Morgan fingerprint density at radius 1 is 1.04 bits per heavy atom. The van der Waals surface area contributed by atoms with Crippen molar-refractivity contribution < 1.29 is 14.6 Å². The molecule has 0 aliphatic rings. The van der Waals surface area contributed by atoms with Gasteiger partial charge in [-0.25, -0.2) is 0 Å². The van der Waals surface area contributed by atoms with Crippen molar-refractivity contribution in [3.8, 4) is 11.3 Å². The summed E-state index contributed by atoms with van der Waals surface area (Å²) in [6.07, 6.45) is 0. The summed E-state index contributed by atoms with van der Waals surface area (Å²) >= 11 is 1.29. The van der Waals surface area contributed by atoms with Crippen molar-refractivity contribution >= 4 is 28.6 Å². The van der Waals surface area contributed by atoms with Crippen LogP contribution in [-0.2, 0) is 7.05 Å². The average Bonchev–Trinajstić information content (AvgIpc) is 2.95. The summed E-state index contributed by atoms with van der Waals surface area (Å²) in [7, 11) is 1.76. The summed E-state index contributed by atoms with van der Waals surface area (Å²) < 4.78 is 1.75. The zero-order valence-corrected chi connectivity index (χ0v) is 15.7. The Bertz CT molecular complexity index is 1130. The van der Waals surface area contributed by atoms with Gasteiger partial charge in [-0.2, -0.15) is 4.99 Å². The molecule has 0 radical (unpaired) electrons. The van der Waals surface area contributed by atoms with Gasteiger partial charge < -0.3 is 4.57 Å². The Labute approximate surface area is 162 Å². The number of amides is 1. The minimum Gasteiger partial charge on any atom is -0.319 e. The van der Waals surface area contributed by atoms with Gasteiger partial charge in [0.1, 0.15) is 0 Å². The SMILES string of the molecule is Cc1sc(=NC(=O)c2cc([N+](=O)[O-])cc([N+](=O)[O-])c2)n(C)c1-c1ccccc1. The van der Waals surface area contributed by atoms with E-state index in [0.29, 0.717) is 4.80 Å². The molecule has 3 aromatic rings. The van der Waals surface area contributed by atoms with E-state index in [-0.39, 0.29) is 5.56 Å². The summed E-state index contributed by atoms with van der Waals surface area (Å²) in [6, 6.07) is 12.3. The van der Waals surface area contributed by atoms with E-state index in [1.54, 1.807) is 11.6 Å². The molecular formula is C18H14N4O5S. The Morgan fingerprint density at radius 2 is 1.61 bits per heavy atom. The maximum Gasteiger partial charge on any atom is 0.280 e. The maximum atomic E-state index is 12.6. The van der Waals surface area contributed by atoms with E-state index in [9.17, 15) is 25.0 Å². The third-order valence-electron chi connectivity index (χ3n) is 4.02. The molecule has 0 spiro atoms. The number of thiazole rings is 1. The highest BCUT2D eigenvalue weighted by Gasteiger charge is 2.20. The van der Waals surface area contributed by atoms with Gasteiger partial charge in [0.25, 0.3) is 17.3 Å². The van der Waals surface area contributed by atoms with Crippen LogP contribution in [0.5, 0.6) is 0 Å². The van der Waals surface area contributed by atoms with Crippen LogP contribution < -0.4 is 4.80 Å². The molecule has 0 aliphatic carbocycles. The molecular weight excluding hydrogens is 384 g/mol. The molecule has 3 rings (SSSR count). The first-order chi connectivity index (χ1) is 13.3. The monoisotopic (exact) mass is 398 g/mol. The van der Waals surface area contributed by atoms with Crippen molar-refractivity contribution in [3.05, 3.63) is 84.0 Å². The topological polar surface area (TPSA) is 121 Å². The number of hydrogen-bond donors (Lipinski definition) is 0. The van der Waals surface area contributed by atoms with E-state index in [2.05, 4.69) is 4.99 Å². The maximum absolute atomic E-state index is 12.6. The Kier molecular flexibility index (Phi) is 5.14. The second-order valence-corrected chi connectivity index (χ2v) is 7.07. The van der Waals surface area contributed by atoms with E-state index in [0.717, 1.165) is 34.3 Å². The zero-order chi connectivity index (χ0) is 20.4.